The second-order valence-corrected chi connectivity index (χ2v) is 4.58. The van der Waals surface area contributed by atoms with Crippen LogP contribution in [-0.2, 0) is 0 Å². The maximum absolute atomic E-state index is 11.1. The van der Waals surface area contributed by atoms with Gasteiger partial charge in [0.15, 0.2) is 11.0 Å². The van der Waals surface area contributed by atoms with E-state index < -0.39 is 5.97 Å². The highest BCUT2D eigenvalue weighted by Crippen LogP contribution is 2.26. The molecule has 92 valence electrons. The van der Waals surface area contributed by atoms with Crippen LogP contribution in [0.25, 0.3) is 0 Å². The van der Waals surface area contributed by atoms with Crippen molar-refractivity contribution in [2.24, 2.45) is 0 Å². The number of anilines is 2. The molecule has 1 aromatic heterocycles. The van der Waals surface area contributed by atoms with Crippen LogP contribution in [0.2, 0.25) is 5.15 Å². The van der Waals surface area contributed by atoms with E-state index in [-0.39, 0.29) is 16.5 Å². The molecule has 0 amide bonds. The maximum Gasteiger partial charge on any atom is 0.339 e. The standard InChI is InChI=1S/C11H7BrClN3O2/c12-7-3-1-2-4-8(7)14-10-6(11(17)18)5-9(13)15-16-10/h1-5H,(H,14,16)(H,17,18). The molecule has 1 aromatic carbocycles. The molecule has 0 fully saturated rings. The molecular weight excluding hydrogens is 321 g/mol. The Kier molecular flexibility index (Phi) is 3.78. The first-order valence-corrected chi connectivity index (χ1v) is 6.03. The molecule has 0 unspecified atom stereocenters. The van der Waals surface area contributed by atoms with Crippen molar-refractivity contribution >= 4 is 45.0 Å². The predicted molar refractivity (Wildman–Crippen MR) is 71.4 cm³/mol. The molecule has 0 bridgehead atoms. The molecule has 0 aliphatic carbocycles. The molecule has 0 aliphatic heterocycles. The highest BCUT2D eigenvalue weighted by molar-refractivity contribution is 9.10. The van der Waals surface area contributed by atoms with Gasteiger partial charge in [0.1, 0.15) is 5.56 Å². The number of hydrogen-bond donors (Lipinski definition) is 2. The summed E-state index contributed by atoms with van der Waals surface area (Å²) in [5.74, 6) is -0.986. The minimum atomic E-state index is -1.12. The van der Waals surface area contributed by atoms with Gasteiger partial charge in [-0.15, -0.1) is 10.2 Å². The van der Waals surface area contributed by atoms with Gasteiger partial charge in [0.05, 0.1) is 5.69 Å². The molecule has 2 rings (SSSR count). The number of hydrogen-bond acceptors (Lipinski definition) is 4. The lowest BCUT2D eigenvalue weighted by molar-refractivity contribution is 0.0697. The van der Waals surface area contributed by atoms with E-state index in [1.807, 2.05) is 18.2 Å². The summed E-state index contributed by atoms with van der Waals surface area (Å²) in [5, 5.41) is 19.3. The summed E-state index contributed by atoms with van der Waals surface area (Å²) < 4.78 is 0.790. The van der Waals surface area contributed by atoms with E-state index in [4.69, 9.17) is 16.7 Å². The Morgan fingerprint density at radius 2 is 2.06 bits per heavy atom. The molecule has 2 aromatic rings. The van der Waals surface area contributed by atoms with Gasteiger partial charge in [0.2, 0.25) is 0 Å². The lowest BCUT2D eigenvalue weighted by atomic mass is 10.2. The Labute approximate surface area is 116 Å². The Morgan fingerprint density at radius 1 is 1.33 bits per heavy atom. The van der Waals surface area contributed by atoms with Crippen molar-refractivity contribution in [3.8, 4) is 0 Å². The predicted octanol–water partition coefficient (Wildman–Crippen LogP) is 3.33. The number of aromatic nitrogens is 2. The molecule has 0 saturated carbocycles. The quantitative estimate of drug-likeness (QED) is 0.904. The third-order valence-electron chi connectivity index (χ3n) is 2.12. The van der Waals surface area contributed by atoms with Crippen LogP contribution in [0.4, 0.5) is 11.5 Å². The number of benzene rings is 1. The van der Waals surface area contributed by atoms with Crippen LogP contribution in [-0.4, -0.2) is 21.3 Å². The van der Waals surface area contributed by atoms with E-state index in [1.54, 1.807) is 6.07 Å². The highest BCUT2D eigenvalue weighted by atomic mass is 79.9. The molecule has 1 heterocycles. The van der Waals surface area contributed by atoms with Gasteiger partial charge in [-0.25, -0.2) is 4.79 Å². The Morgan fingerprint density at radius 3 is 2.72 bits per heavy atom. The van der Waals surface area contributed by atoms with E-state index >= 15 is 0 Å². The third kappa shape index (κ3) is 2.77. The van der Waals surface area contributed by atoms with Crippen molar-refractivity contribution in [2.45, 2.75) is 0 Å². The summed E-state index contributed by atoms with van der Waals surface area (Å²) in [5.41, 5.74) is 0.655. The van der Waals surface area contributed by atoms with Crippen LogP contribution in [0.5, 0.6) is 0 Å². The zero-order chi connectivity index (χ0) is 13.1. The second kappa shape index (κ2) is 5.32. The first-order chi connectivity index (χ1) is 8.58. The number of carboxylic acid groups (broad SMARTS) is 1. The van der Waals surface area contributed by atoms with Crippen LogP contribution in [0.1, 0.15) is 10.4 Å². The van der Waals surface area contributed by atoms with Gasteiger partial charge >= 0.3 is 5.97 Å². The first kappa shape index (κ1) is 12.8. The zero-order valence-electron chi connectivity index (χ0n) is 8.89. The number of nitrogens with one attached hydrogen (secondary N) is 1. The number of rotatable bonds is 3. The monoisotopic (exact) mass is 327 g/mol. The van der Waals surface area contributed by atoms with Crippen molar-refractivity contribution < 1.29 is 9.90 Å². The van der Waals surface area contributed by atoms with Crippen molar-refractivity contribution in [2.75, 3.05) is 5.32 Å². The fourth-order valence-corrected chi connectivity index (χ4v) is 1.84. The molecule has 7 heteroatoms. The summed E-state index contributed by atoms with van der Waals surface area (Å²) in [6.45, 7) is 0. The summed E-state index contributed by atoms with van der Waals surface area (Å²) in [6.07, 6.45) is 0. The minimum Gasteiger partial charge on any atom is -0.478 e. The summed E-state index contributed by atoms with van der Waals surface area (Å²) in [4.78, 5) is 11.1. The van der Waals surface area contributed by atoms with E-state index in [0.29, 0.717) is 5.69 Å². The molecule has 0 saturated heterocycles. The lowest BCUT2D eigenvalue weighted by Gasteiger charge is -2.09. The molecule has 2 N–H and O–H groups in total. The Bertz CT molecular complexity index is 607. The Balaban J connectivity index is 2.41. The number of nitrogens with zero attached hydrogens (tertiary/aromatic N) is 2. The number of halogens is 2. The van der Waals surface area contributed by atoms with Crippen molar-refractivity contribution in [1.29, 1.82) is 0 Å². The van der Waals surface area contributed by atoms with Crippen molar-refractivity contribution in [3.63, 3.8) is 0 Å². The molecule has 0 spiro atoms. The lowest BCUT2D eigenvalue weighted by Crippen LogP contribution is -2.06. The van der Waals surface area contributed by atoms with Crippen LogP contribution >= 0.6 is 27.5 Å². The van der Waals surface area contributed by atoms with Crippen molar-refractivity contribution in [3.05, 3.63) is 45.5 Å². The fourth-order valence-electron chi connectivity index (χ4n) is 1.31. The van der Waals surface area contributed by atoms with E-state index in [1.165, 1.54) is 6.07 Å². The van der Waals surface area contributed by atoms with Gasteiger partial charge in [-0.2, -0.15) is 0 Å². The number of para-hydroxylation sites is 1. The van der Waals surface area contributed by atoms with Crippen LogP contribution in [0, 0.1) is 0 Å². The maximum atomic E-state index is 11.1. The first-order valence-electron chi connectivity index (χ1n) is 4.86. The van der Waals surface area contributed by atoms with Gasteiger partial charge in [-0.3, -0.25) is 0 Å². The molecule has 0 atom stereocenters. The van der Waals surface area contributed by atoms with E-state index in [0.717, 1.165) is 4.47 Å². The normalized spacial score (nSPS) is 10.1. The molecule has 5 nitrogen and oxygen atoms in total. The fraction of sp³-hybridized carbons (Fsp3) is 0. The average Bonchev–Trinajstić information content (AvgIpc) is 2.34. The van der Waals surface area contributed by atoms with Crippen molar-refractivity contribution in [1.82, 2.24) is 10.2 Å². The second-order valence-electron chi connectivity index (χ2n) is 3.34. The number of aromatic carboxylic acids is 1. The average molecular weight is 329 g/mol. The number of carbonyl (C=O) groups is 1. The molecular formula is C11H7BrClN3O2. The highest BCUT2D eigenvalue weighted by Gasteiger charge is 2.14. The third-order valence-corrected chi connectivity index (χ3v) is 3.00. The summed E-state index contributed by atoms with van der Waals surface area (Å²) >= 11 is 8.97. The van der Waals surface area contributed by atoms with E-state index in [2.05, 4.69) is 31.4 Å². The SMILES string of the molecule is O=C(O)c1cc(Cl)nnc1Nc1ccccc1Br. The van der Waals surface area contributed by atoms with Gasteiger partial charge in [-0.1, -0.05) is 23.7 Å². The van der Waals surface area contributed by atoms with Crippen LogP contribution < -0.4 is 5.32 Å². The largest absolute Gasteiger partial charge is 0.478 e. The van der Waals surface area contributed by atoms with E-state index in [9.17, 15) is 4.79 Å². The summed E-state index contributed by atoms with van der Waals surface area (Å²) in [7, 11) is 0. The minimum absolute atomic E-state index is 0.0325. The Hall–Kier alpha value is -1.66. The van der Waals surface area contributed by atoms with Gasteiger partial charge in [0.25, 0.3) is 0 Å². The molecule has 0 aliphatic rings. The smallest absolute Gasteiger partial charge is 0.339 e. The van der Waals surface area contributed by atoms with Crippen LogP contribution in [0.15, 0.2) is 34.8 Å². The zero-order valence-corrected chi connectivity index (χ0v) is 11.2. The van der Waals surface area contributed by atoms with Gasteiger partial charge in [0, 0.05) is 4.47 Å². The van der Waals surface area contributed by atoms with Crippen LogP contribution in [0.3, 0.4) is 0 Å². The van der Waals surface area contributed by atoms with Gasteiger partial charge in [-0.05, 0) is 34.1 Å². The van der Waals surface area contributed by atoms with Gasteiger partial charge < -0.3 is 10.4 Å². The summed E-state index contributed by atoms with van der Waals surface area (Å²) in [6, 6.07) is 8.52. The molecule has 0 radical (unpaired) electrons. The topological polar surface area (TPSA) is 75.1 Å². The molecule has 18 heavy (non-hydrogen) atoms. The number of carboxylic acids is 1.